The third-order valence-electron chi connectivity index (χ3n) is 4.34. The molecule has 7 heteroatoms. The molecule has 0 amide bonds. The number of nitriles is 2. The first kappa shape index (κ1) is 22.9. The maximum atomic E-state index is 8.03. The van der Waals surface area contributed by atoms with Crippen LogP contribution in [-0.4, -0.2) is 9.97 Å². The molecule has 27 heavy (non-hydrogen) atoms. The summed E-state index contributed by atoms with van der Waals surface area (Å²) in [5.41, 5.74) is 6.91. The number of hydrogen-bond acceptors (Lipinski definition) is 6. The van der Waals surface area contributed by atoms with Crippen molar-refractivity contribution in [2.24, 2.45) is 0 Å². The summed E-state index contributed by atoms with van der Waals surface area (Å²) < 4.78 is -0.0602. The molecule has 1 aromatic carbocycles. The largest absolute Gasteiger partial charge is 2.00 e. The van der Waals surface area contributed by atoms with Crippen LogP contribution >= 0.6 is 0 Å². The number of aromatic nitrogens is 2. The van der Waals surface area contributed by atoms with Crippen molar-refractivity contribution < 1.29 is 21.1 Å². The predicted octanol–water partition coefficient (Wildman–Crippen LogP) is 4.35. The summed E-state index contributed by atoms with van der Waals surface area (Å²) in [7, 11) is 0. The molecule has 0 saturated carbocycles. The van der Waals surface area contributed by atoms with Gasteiger partial charge in [0.2, 0.25) is 0 Å². The van der Waals surface area contributed by atoms with Crippen LogP contribution in [0.25, 0.3) is 21.8 Å². The Morgan fingerprint density at radius 2 is 1.19 bits per heavy atom. The third-order valence-corrected chi connectivity index (χ3v) is 4.75. The number of aryl methyl sites for hydroxylation is 4. The zero-order chi connectivity index (χ0) is 19.4. The van der Waals surface area contributed by atoms with Crippen molar-refractivity contribution in [1.29, 1.82) is 10.5 Å². The van der Waals surface area contributed by atoms with Crippen LogP contribution in [0.5, 0.6) is 0 Å². The van der Waals surface area contributed by atoms with Crippen molar-refractivity contribution in [3.63, 3.8) is 0 Å². The molecule has 3 aromatic rings. The van der Waals surface area contributed by atoms with Gasteiger partial charge in [0.1, 0.15) is 12.1 Å². The fourth-order valence-corrected chi connectivity index (χ4v) is 2.69. The summed E-state index contributed by atoms with van der Waals surface area (Å²) in [6.45, 7) is 8.48. The molecule has 138 valence electrons. The normalized spacial score (nSPS) is 9.41. The predicted molar refractivity (Wildman–Crippen MR) is 109 cm³/mol. The van der Waals surface area contributed by atoms with Gasteiger partial charge in [0, 0.05) is 23.2 Å². The summed E-state index contributed by atoms with van der Waals surface area (Å²) in [4.78, 5) is 9.16. The fourth-order valence-electron chi connectivity index (χ4n) is 2.50. The Hall–Kier alpha value is -2.11. The molecule has 0 aliphatic rings. The molecule has 0 unspecified atom stereocenters. The maximum Gasteiger partial charge on any atom is 2.00 e. The fraction of sp³-hybridized carbons (Fsp3) is 0.200. The van der Waals surface area contributed by atoms with Crippen LogP contribution in [0.2, 0.25) is 0 Å². The summed E-state index contributed by atoms with van der Waals surface area (Å²) in [5.74, 6) is 0. The van der Waals surface area contributed by atoms with Crippen molar-refractivity contribution in [1.82, 2.24) is 9.97 Å². The quantitative estimate of drug-likeness (QED) is 0.227. The van der Waals surface area contributed by atoms with E-state index in [1.165, 1.54) is 33.0 Å². The van der Waals surface area contributed by atoms with E-state index < -0.39 is 0 Å². The standard InChI is InChI=1S/C16H16N2.C4H2N2S2.Pt/c1-9-7-17-15-13(11(9)3)5-6-14-12(4)10(2)8-18-16(14)15;5-1-3(2-6)4(7)8;/h5-8H,1-4H3;7-8H;/q;;+2/p-2. The number of hydrogen-bond donors (Lipinski definition) is 0. The Balaban J connectivity index is 0.000000350. The Morgan fingerprint density at radius 3 is 1.44 bits per heavy atom. The molecule has 4 nitrogen and oxygen atoms in total. The molecule has 0 atom stereocenters. The molecule has 2 aromatic heterocycles. The topological polar surface area (TPSA) is 73.4 Å². The van der Waals surface area contributed by atoms with Gasteiger partial charge in [-0.2, -0.15) is 10.5 Å². The van der Waals surface area contributed by atoms with Crippen LogP contribution in [0.4, 0.5) is 0 Å². The third kappa shape index (κ3) is 4.79. The summed E-state index contributed by atoms with van der Waals surface area (Å²) in [6, 6.07) is 7.46. The number of benzene rings is 1. The minimum Gasteiger partial charge on any atom is -0.805 e. The molecule has 0 aliphatic carbocycles. The molecule has 3 rings (SSSR count). The Labute approximate surface area is 184 Å². The minimum absolute atomic E-state index is 0. The van der Waals surface area contributed by atoms with Crippen LogP contribution < -0.4 is 0 Å². The van der Waals surface area contributed by atoms with Crippen molar-refractivity contribution in [2.45, 2.75) is 27.7 Å². The maximum absolute atomic E-state index is 8.03. The van der Waals surface area contributed by atoms with E-state index in [0.29, 0.717) is 0 Å². The molecular weight excluding hydrogens is 555 g/mol. The second kappa shape index (κ2) is 9.72. The van der Waals surface area contributed by atoms with Gasteiger partial charge >= 0.3 is 21.1 Å². The molecule has 2 heterocycles. The zero-order valence-electron chi connectivity index (χ0n) is 15.2. The van der Waals surface area contributed by atoms with E-state index in [1.54, 1.807) is 12.1 Å². The zero-order valence-corrected chi connectivity index (χ0v) is 19.1. The van der Waals surface area contributed by atoms with E-state index in [0.717, 1.165) is 11.0 Å². The van der Waals surface area contributed by atoms with Crippen molar-refractivity contribution in [3.8, 4) is 12.1 Å². The summed E-state index contributed by atoms with van der Waals surface area (Å²) in [6.07, 6.45) is 3.88. The molecule has 0 spiro atoms. The number of rotatable bonds is 0. The number of nitrogens with zero attached hydrogens (tertiary/aromatic N) is 4. The van der Waals surface area contributed by atoms with Crippen molar-refractivity contribution >= 4 is 47.1 Å². The smallest absolute Gasteiger partial charge is 0.805 e. The molecule has 0 saturated heterocycles. The van der Waals surface area contributed by atoms with Gasteiger partial charge in [0.15, 0.2) is 0 Å². The molecule has 0 bridgehead atoms. The second-order valence-electron chi connectivity index (χ2n) is 5.88. The van der Waals surface area contributed by atoms with Gasteiger partial charge in [-0.25, -0.2) is 0 Å². The number of pyridine rings is 2. The summed E-state index contributed by atoms with van der Waals surface area (Å²) >= 11 is 8.70. The van der Waals surface area contributed by atoms with Gasteiger partial charge in [0.25, 0.3) is 0 Å². The van der Waals surface area contributed by atoms with E-state index >= 15 is 0 Å². The average molecular weight is 572 g/mol. The van der Waals surface area contributed by atoms with Gasteiger partial charge in [0.05, 0.1) is 16.6 Å². The molecule has 0 radical (unpaired) electrons. The Bertz CT molecular complexity index is 1040. The van der Waals surface area contributed by atoms with E-state index in [2.05, 4.69) is 75.1 Å². The number of fused-ring (bicyclic) bond motifs is 3. The molecular formula is C20H16N4PtS2. The Morgan fingerprint density at radius 1 is 0.815 bits per heavy atom. The SMILES string of the molecule is Cc1cnc2c(ccc3c(C)c(C)cnc32)c1C.N#CC(C#N)=C([S-])[S-].[Pt+2]. The van der Waals surface area contributed by atoms with Crippen LogP contribution in [0.1, 0.15) is 22.3 Å². The van der Waals surface area contributed by atoms with Gasteiger partial charge in [-0.15, -0.1) is 0 Å². The van der Waals surface area contributed by atoms with E-state index in [4.69, 9.17) is 10.5 Å². The molecule has 0 fully saturated rings. The summed E-state index contributed by atoms with van der Waals surface area (Å²) in [5, 5.41) is 18.5. The average Bonchev–Trinajstić information content (AvgIpc) is 2.62. The van der Waals surface area contributed by atoms with Crippen LogP contribution in [-0.2, 0) is 46.3 Å². The van der Waals surface area contributed by atoms with Gasteiger partial charge in [-0.1, -0.05) is 12.1 Å². The second-order valence-corrected chi connectivity index (χ2v) is 6.95. The van der Waals surface area contributed by atoms with Crippen LogP contribution in [0.3, 0.4) is 0 Å². The Kier molecular flexibility index (Phi) is 8.25. The first-order valence-corrected chi connectivity index (χ1v) is 8.62. The number of allylic oxidation sites excluding steroid dienone is 1. The monoisotopic (exact) mass is 571 g/mol. The van der Waals surface area contributed by atoms with Gasteiger partial charge in [-0.05, 0) is 49.9 Å². The molecule has 0 N–H and O–H groups in total. The van der Waals surface area contributed by atoms with Gasteiger partial charge < -0.3 is 29.5 Å². The van der Waals surface area contributed by atoms with E-state index in [9.17, 15) is 0 Å². The van der Waals surface area contributed by atoms with Gasteiger partial charge in [-0.3, -0.25) is 9.97 Å². The van der Waals surface area contributed by atoms with Crippen molar-refractivity contribution in [2.75, 3.05) is 0 Å². The minimum atomic E-state index is -0.157. The van der Waals surface area contributed by atoms with Crippen molar-refractivity contribution in [3.05, 3.63) is 56.6 Å². The van der Waals surface area contributed by atoms with Crippen LogP contribution in [0.15, 0.2) is 34.3 Å². The van der Waals surface area contributed by atoms with Crippen LogP contribution in [0, 0.1) is 50.4 Å². The van der Waals surface area contributed by atoms with E-state index in [-0.39, 0.29) is 30.9 Å². The van der Waals surface area contributed by atoms with E-state index in [1.807, 2.05) is 12.4 Å². The first-order chi connectivity index (χ1) is 12.3. The first-order valence-electron chi connectivity index (χ1n) is 7.81. The molecule has 0 aliphatic heterocycles.